The number of aromatic amines is 1. The molecule has 1 fully saturated rings. The van der Waals surface area contributed by atoms with Gasteiger partial charge in [-0.25, -0.2) is 9.18 Å². The van der Waals surface area contributed by atoms with Crippen LogP contribution in [0.25, 0.3) is 0 Å². The summed E-state index contributed by atoms with van der Waals surface area (Å²) in [5, 5.41) is 0. The molecular formula is C17H20FN3O2. The van der Waals surface area contributed by atoms with Gasteiger partial charge in [0.25, 0.3) is 5.56 Å². The average Bonchev–Trinajstić information content (AvgIpc) is 2.53. The highest BCUT2D eigenvalue weighted by atomic mass is 19.1. The third-order valence-corrected chi connectivity index (χ3v) is 4.38. The number of piperidine rings is 1. The quantitative estimate of drug-likeness (QED) is 0.941. The predicted molar refractivity (Wildman–Crippen MR) is 87.4 cm³/mol. The van der Waals surface area contributed by atoms with E-state index < -0.39 is 5.69 Å². The Morgan fingerprint density at radius 3 is 2.43 bits per heavy atom. The maximum atomic E-state index is 12.9. The van der Waals surface area contributed by atoms with Gasteiger partial charge in [-0.3, -0.25) is 14.3 Å². The molecule has 1 N–H and O–H groups in total. The summed E-state index contributed by atoms with van der Waals surface area (Å²) in [6.07, 6.45) is 2.11. The van der Waals surface area contributed by atoms with E-state index in [0.717, 1.165) is 30.5 Å². The number of hydrogen-bond donors (Lipinski definition) is 1. The minimum Gasteiger partial charge on any atom is -0.358 e. The lowest BCUT2D eigenvalue weighted by Crippen LogP contribution is -2.40. The van der Waals surface area contributed by atoms with Gasteiger partial charge in [0.05, 0.1) is 6.54 Å². The number of rotatable bonds is 3. The highest BCUT2D eigenvalue weighted by Gasteiger charge is 2.18. The summed E-state index contributed by atoms with van der Waals surface area (Å²) in [4.78, 5) is 29.4. The van der Waals surface area contributed by atoms with Gasteiger partial charge in [0.2, 0.25) is 0 Å². The second kappa shape index (κ2) is 6.40. The van der Waals surface area contributed by atoms with Gasteiger partial charge in [-0.05, 0) is 36.5 Å². The average molecular weight is 317 g/mol. The molecule has 1 aliphatic heterocycles. The molecule has 1 saturated heterocycles. The lowest BCUT2D eigenvalue weighted by atomic mass is 9.99. The largest absolute Gasteiger partial charge is 0.358 e. The minimum atomic E-state index is -0.435. The third-order valence-electron chi connectivity index (χ3n) is 4.38. The van der Waals surface area contributed by atoms with Crippen LogP contribution in [-0.4, -0.2) is 22.6 Å². The Morgan fingerprint density at radius 1 is 1.17 bits per heavy atom. The highest BCUT2D eigenvalue weighted by Crippen LogP contribution is 2.19. The SMILES string of the molecule is CC1CCN(c2cc(=O)n(Cc3ccc(F)cc3)c(=O)[nH]2)CC1. The first-order valence-corrected chi connectivity index (χ1v) is 7.86. The van der Waals surface area contributed by atoms with Crippen molar-refractivity contribution in [1.29, 1.82) is 0 Å². The Bertz CT molecular complexity index is 755. The molecule has 23 heavy (non-hydrogen) atoms. The van der Waals surface area contributed by atoms with Crippen LogP contribution < -0.4 is 16.1 Å². The summed E-state index contributed by atoms with van der Waals surface area (Å²) in [6, 6.07) is 7.25. The molecule has 1 aliphatic rings. The Hall–Kier alpha value is -2.37. The Labute approximate surface area is 133 Å². The number of anilines is 1. The molecule has 0 aliphatic carbocycles. The number of aromatic nitrogens is 2. The minimum absolute atomic E-state index is 0.131. The van der Waals surface area contributed by atoms with E-state index in [4.69, 9.17) is 0 Å². The van der Waals surface area contributed by atoms with Gasteiger partial charge in [0, 0.05) is 19.2 Å². The van der Waals surface area contributed by atoms with Crippen LogP contribution in [0.5, 0.6) is 0 Å². The van der Waals surface area contributed by atoms with Gasteiger partial charge in [-0.1, -0.05) is 19.1 Å². The van der Waals surface area contributed by atoms with Gasteiger partial charge >= 0.3 is 5.69 Å². The van der Waals surface area contributed by atoms with Crippen LogP contribution in [0.15, 0.2) is 39.9 Å². The van der Waals surface area contributed by atoms with Gasteiger partial charge in [-0.15, -0.1) is 0 Å². The van der Waals surface area contributed by atoms with Crippen LogP contribution in [0.3, 0.4) is 0 Å². The molecule has 122 valence electrons. The summed E-state index contributed by atoms with van der Waals surface area (Å²) < 4.78 is 14.1. The van der Waals surface area contributed by atoms with Crippen LogP contribution in [0.1, 0.15) is 25.3 Å². The van der Waals surface area contributed by atoms with E-state index in [0.29, 0.717) is 17.3 Å². The fourth-order valence-corrected chi connectivity index (χ4v) is 2.85. The van der Waals surface area contributed by atoms with Crippen molar-refractivity contribution in [2.24, 2.45) is 5.92 Å². The van der Waals surface area contributed by atoms with Crippen LogP contribution in [-0.2, 0) is 6.54 Å². The van der Waals surface area contributed by atoms with E-state index >= 15 is 0 Å². The molecule has 0 atom stereocenters. The lowest BCUT2D eigenvalue weighted by Gasteiger charge is -2.31. The van der Waals surface area contributed by atoms with Crippen LogP contribution >= 0.6 is 0 Å². The standard InChI is InChI=1S/C17H20FN3O2/c1-12-6-8-20(9-7-12)15-10-16(22)21(17(23)19-15)11-13-2-4-14(18)5-3-13/h2-5,10,12H,6-9,11H2,1H3,(H,19,23). The van der Waals surface area contributed by atoms with Gasteiger partial charge in [-0.2, -0.15) is 0 Å². The maximum Gasteiger partial charge on any atom is 0.330 e. The number of H-pyrrole nitrogens is 1. The van der Waals surface area contributed by atoms with Crippen molar-refractivity contribution >= 4 is 5.82 Å². The Kier molecular flexibility index (Phi) is 4.32. The van der Waals surface area contributed by atoms with E-state index in [1.807, 2.05) is 4.90 Å². The lowest BCUT2D eigenvalue weighted by molar-refractivity contribution is 0.435. The Balaban J connectivity index is 1.84. The van der Waals surface area contributed by atoms with Crippen molar-refractivity contribution in [3.63, 3.8) is 0 Å². The molecule has 0 amide bonds. The number of nitrogens with zero attached hydrogens (tertiary/aromatic N) is 2. The Morgan fingerprint density at radius 2 is 1.83 bits per heavy atom. The molecule has 5 nitrogen and oxygen atoms in total. The molecule has 2 aromatic rings. The summed E-state index contributed by atoms with van der Waals surface area (Å²) in [5.41, 5.74) is -0.0688. The zero-order valence-electron chi connectivity index (χ0n) is 13.1. The van der Waals surface area contributed by atoms with Gasteiger partial charge in [0.15, 0.2) is 0 Å². The number of halogens is 1. The van der Waals surface area contributed by atoms with E-state index in [1.54, 1.807) is 12.1 Å². The van der Waals surface area contributed by atoms with Crippen molar-refractivity contribution in [3.05, 3.63) is 62.6 Å². The number of benzene rings is 1. The van der Waals surface area contributed by atoms with E-state index in [1.165, 1.54) is 18.2 Å². The van der Waals surface area contributed by atoms with Crippen LogP contribution in [0.2, 0.25) is 0 Å². The predicted octanol–water partition coefficient (Wildman–Crippen LogP) is 1.96. The maximum absolute atomic E-state index is 12.9. The van der Waals surface area contributed by atoms with Crippen molar-refractivity contribution in [3.8, 4) is 0 Å². The molecule has 3 rings (SSSR count). The molecule has 0 saturated carbocycles. The molecule has 1 aromatic carbocycles. The topological polar surface area (TPSA) is 58.1 Å². The fraction of sp³-hybridized carbons (Fsp3) is 0.412. The monoisotopic (exact) mass is 317 g/mol. The molecule has 0 unspecified atom stereocenters. The molecular weight excluding hydrogens is 297 g/mol. The number of hydrogen-bond acceptors (Lipinski definition) is 3. The first-order valence-electron chi connectivity index (χ1n) is 7.86. The second-order valence-electron chi connectivity index (χ2n) is 6.18. The summed E-state index contributed by atoms with van der Waals surface area (Å²) in [5.74, 6) is 0.920. The van der Waals surface area contributed by atoms with Gasteiger partial charge in [0.1, 0.15) is 11.6 Å². The normalized spacial score (nSPS) is 15.8. The van der Waals surface area contributed by atoms with Gasteiger partial charge < -0.3 is 4.90 Å². The smallest absolute Gasteiger partial charge is 0.330 e. The summed E-state index contributed by atoms with van der Waals surface area (Å²) in [7, 11) is 0. The van der Waals surface area contributed by atoms with Crippen molar-refractivity contribution < 1.29 is 4.39 Å². The first kappa shape index (κ1) is 15.5. The molecule has 6 heteroatoms. The zero-order valence-corrected chi connectivity index (χ0v) is 13.1. The van der Waals surface area contributed by atoms with E-state index in [9.17, 15) is 14.0 Å². The first-order chi connectivity index (χ1) is 11.0. The summed E-state index contributed by atoms with van der Waals surface area (Å²) >= 11 is 0. The highest BCUT2D eigenvalue weighted by molar-refractivity contribution is 5.37. The second-order valence-corrected chi connectivity index (χ2v) is 6.18. The molecule has 2 heterocycles. The van der Waals surface area contributed by atoms with Crippen molar-refractivity contribution in [2.75, 3.05) is 18.0 Å². The van der Waals surface area contributed by atoms with Crippen LogP contribution in [0.4, 0.5) is 10.2 Å². The third kappa shape index (κ3) is 3.52. The molecule has 0 bridgehead atoms. The van der Waals surface area contributed by atoms with Crippen molar-refractivity contribution in [2.45, 2.75) is 26.3 Å². The molecule has 0 spiro atoms. The molecule has 0 radical (unpaired) electrons. The van der Waals surface area contributed by atoms with Crippen molar-refractivity contribution in [1.82, 2.24) is 9.55 Å². The zero-order chi connectivity index (χ0) is 16.4. The molecule has 1 aromatic heterocycles. The number of nitrogens with one attached hydrogen (secondary N) is 1. The van der Waals surface area contributed by atoms with E-state index in [-0.39, 0.29) is 17.9 Å². The fourth-order valence-electron chi connectivity index (χ4n) is 2.85. The van der Waals surface area contributed by atoms with E-state index in [2.05, 4.69) is 11.9 Å². The summed E-state index contributed by atoms with van der Waals surface area (Å²) in [6.45, 7) is 4.03. The van der Waals surface area contributed by atoms with Crippen LogP contribution in [0, 0.1) is 11.7 Å².